The monoisotopic (exact) mass is 289 g/mol. The summed E-state index contributed by atoms with van der Waals surface area (Å²) in [6.07, 6.45) is 5.37. The quantitative estimate of drug-likeness (QED) is 0.936. The fraction of sp³-hybridized carbons (Fsp3) is 0.533. The molecule has 0 bridgehead atoms. The van der Waals surface area contributed by atoms with Crippen molar-refractivity contribution in [2.24, 2.45) is 0 Å². The summed E-state index contributed by atoms with van der Waals surface area (Å²) in [7, 11) is 0. The van der Waals surface area contributed by atoms with Crippen LogP contribution in [0, 0.1) is 0 Å². The van der Waals surface area contributed by atoms with Crippen LogP contribution >= 0.6 is 0 Å². The second-order valence-corrected chi connectivity index (χ2v) is 5.65. The first-order valence-corrected chi connectivity index (χ1v) is 7.48. The molecule has 0 saturated heterocycles. The lowest BCUT2D eigenvalue weighted by molar-refractivity contribution is 0.0684. The average Bonchev–Trinajstić information content (AvgIpc) is 3.09. The van der Waals surface area contributed by atoms with Gasteiger partial charge in [0.2, 0.25) is 0 Å². The molecule has 2 aromatic rings. The summed E-state index contributed by atoms with van der Waals surface area (Å²) in [6.45, 7) is 2.54. The normalized spacial score (nSPS) is 15.9. The van der Waals surface area contributed by atoms with Gasteiger partial charge in [-0.05, 0) is 19.3 Å². The minimum atomic E-state index is -1.08. The number of aryl methyl sites for hydroxylation is 1. The van der Waals surface area contributed by atoms with Crippen LogP contribution in [0.1, 0.15) is 61.1 Å². The number of carbonyl (C=O) groups is 1. The number of hydrogen-bond donors (Lipinski definition) is 1. The van der Waals surface area contributed by atoms with Crippen molar-refractivity contribution < 1.29 is 9.90 Å². The topological polar surface area (TPSA) is 76.6 Å². The van der Waals surface area contributed by atoms with Crippen LogP contribution in [-0.2, 0) is 6.54 Å². The van der Waals surface area contributed by atoms with Crippen LogP contribution in [0.4, 0.5) is 0 Å². The molecule has 6 nitrogen and oxygen atoms in total. The maximum Gasteiger partial charge on any atom is 0.352 e. The zero-order valence-electron chi connectivity index (χ0n) is 12.1. The molecule has 112 valence electrons. The van der Waals surface area contributed by atoms with Gasteiger partial charge in [0, 0.05) is 24.6 Å². The molecule has 1 aliphatic rings. The van der Waals surface area contributed by atoms with Gasteiger partial charge in [0.15, 0.2) is 0 Å². The maximum absolute atomic E-state index is 12.1. The Morgan fingerprint density at radius 3 is 2.71 bits per heavy atom. The van der Waals surface area contributed by atoms with Crippen LogP contribution in [0.2, 0.25) is 0 Å². The summed E-state index contributed by atoms with van der Waals surface area (Å²) in [5, 5.41) is 13.7. The average molecular weight is 289 g/mol. The van der Waals surface area contributed by atoms with Crippen molar-refractivity contribution in [1.29, 1.82) is 0 Å². The van der Waals surface area contributed by atoms with Crippen molar-refractivity contribution in [3.63, 3.8) is 0 Å². The molecule has 0 aliphatic heterocycles. The largest absolute Gasteiger partial charge is 0.477 e. The van der Waals surface area contributed by atoms with Crippen LogP contribution in [0.3, 0.4) is 0 Å². The number of fused-ring (bicyclic) bond motifs is 1. The third-order valence-corrected chi connectivity index (χ3v) is 4.19. The lowest BCUT2D eigenvalue weighted by atomic mass is 10.0. The molecule has 1 fully saturated rings. The molecule has 21 heavy (non-hydrogen) atoms. The molecule has 0 radical (unpaired) electrons. The first-order valence-electron chi connectivity index (χ1n) is 7.48. The highest BCUT2D eigenvalue weighted by Gasteiger charge is 2.22. The summed E-state index contributed by atoms with van der Waals surface area (Å²) in [5.74, 6) is -0.681. The van der Waals surface area contributed by atoms with Crippen molar-refractivity contribution in [2.75, 3.05) is 0 Å². The SMILES string of the molecule is CCCn1c(C(=O)O)cc(=O)n2nc(C3CCCC3)cc12. The summed E-state index contributed by atoms with van der Waals surface area (Å²) in [4.78, 5) is 23.5. The molecule has 1 aliphatic carbocycles. The highest BCUT2D eigenvalue weighted by atomic mass is 16.4. The Kier molecular flexibility index (Phi) is 3.53. The highest BCUT2D eigenvalue weighted by molar-refractivity contribution is 5.86. The van der Waals surface area contributed by atoms with Crippen LogP contribution in [0.5, 0.6) is 0 Å². The van der Waals surface area contributed by atoms with Crippen molar-refractivity contribution in [3.05, 3.63) is 33.9 Å². The van der Waals surface area contributed by atoms with Crippen LogP contribution in [0.25, 0.3) is 5.65 Å². The van der Waals surface area contributed by atoms with Gasteiger partial charge in [-0.25, -0.2) is 4.79 Å². The van der Waals surface area contributed by atoms with Gasteiger partial charge in [-0.15, -0.1) is 0 Å². The lowest BCUT2D eigenvalue weighted by Crippen LogP contribution is -2.23. The van der Waals surface area contributed by atoms with E-state index >= 15 is 0 Å². The van der Waals surface area contributed by atoms with Gasteiger partial charge < -0.3 is 9.67 Å². The van der Waals surface area contributed by atoms with E-state index in [0.29, 0.717) is 18.1 Å². The molecule has 1 saturated carbocycles. The van der Waals surface area contributed by atoms with Gasteiger partial charge in [0.05, 0.1) is 5.69 Å². The number of aromatic nitrogens is 3. The molecule has 3 rings (SSSR count). The molecular weight excluding hydrogens is 270 g/mol. The van der Waals surface area contributed by atoms with Crippen molar-refractivity contribution in [2.45, 2.75) is 51.5 Å². The number of nitrogens with zero attached hydrogens (tertiary/aromatic N) is 3. The molecule has 0 unspecified atom stereocenters. The fourth-order valence-corrected chi connectivity index (χ4v) is 3.18. The number of carboxylic acids is 1. The zero-order valence-corrected chi connectivity index (χ0v) is 12.1. The maximum atomic E-state index is 12.1. The summed E-state index contributed by atoms with van der Waals surface area (Å²) >= 11 is 0. The Labute approximate surface area is 122 Å². The van der Waals surface area contributed by atoms with Crippen molar-refractivity contribution in [3.8, 4) is 0 Å². The minimum absolute atomic E-state index is 0.0345. The van der Waals surface area contributed by atoms with E-state index in [1.54, 1.807) is 4.57 Å². The lowest BCUT2D eigenvalue weighted by Gasteiger charge is -2.10. The van der Waals surface area contributed by atoms with Gasteiger partial charge in [0.1, 0.15) is 11.3 Å². The van der Waals surface area contributed by atoms with Gasteiger partial charge in [-0.1, -0.05) is 19.8 Å². The second kappa shape index (κ2) is 5.35. The number of aromatic carboxylic acids is 1. The first-order chi connectivity index (χ1) is 10.1. The highest BCUT2D eigenvalue weighted by Crippen LogP contribution is 2.33. The van der Waals surface area contributed by atoms with E-state index in [1.165, 1.54) is 17.4 Å². The summed E-state index contributed by atoms with van der Waals surface area (Å²) < 4.78 is 3.02. The fourth-order valence-electron chi connectivity index (χ4n) is 3.18. The number of hydrogen-bond acceptors (Lipinski definition) is 3. The first kappa shape index (κ1) is 13.9. The van der Waals surface area contributed by atoms with Gasteiger partial charge in [0.25, 0.3) is 5.56 Å². The summed E-state index contributed by atoms with van der Waals surface area (Å²) in [5.41, 5.74) is 1.16. The smallest absolute Gasteiger partial charge is 0.352 e. The zero-order chi connectivity index (χ0) is 15.0. The molecule has 0 aromatic carbocycles. The Morgan fingerprint density at radius 1 is 1.38 bits per heavy atom. The second-order valence-electron chi connectivity index (χ2n) is 5.65. The van der Waals surface area contributed by atoms with E-state index in [4.69, 9.17) is 0 Å². The van der Waals surface area contributed by atoms with E-state index in [0.717, 1.165) is 31.0 Å². The third-order valence-electron chi connectivity index (χ3n) is 4.19. The Hall–Kier alpha value is -2.11. The van der Waals surface area contributed by atoms with Crippen molar-refractivity contribution in [1.82, 2.24) is 14.2 Å². The van der Waals surface area contributed by atoms with Crippen LogP contribution in [0.15, 0.2) is 16.9 Å². The predicted octanol–water partition coefficient (Wildman–Crippen LogP) is 2.26. The van der Waals surface area contributed by atoms with E-state index < -0.39 is 5.97 Å². The molecule has 6 heteroatoms. The van der Waals surface area contributed by atoms with Crippen molar-refractivity contribution >= 4 is 11.6 Å². The van der Waals surface area contributed by atoms with E-state index in [9.17, 15) is 14.7 Å². The van der Waals surface area contributed by atoms with E-state index in [1.807, 2.05) is 13.0 Å². The van der Waals surface area contributed by atoms with E-state index in [-0.39, 0.29) is 11.3 Å². The molecule has 1 N–H and O–H groups in total. The molecule has 0 amide bonds. The molecular formula is C15H19N3O3. The summed E-state index contributed by atoms with van der Waals surface area (Å²) in [6, 6.07) is 3.05. The Morgan fingerprint density at radius 2 is 2.10 bits per heavy atom. The Bertz CT molecular complexity index is 738. The molecule has 2 aromatic heterocycles. The number of carboxylic acid groups (broad SMARTS) is 1. The van der Waals surface area contributed by atoms with Gasteiger partial charge >= 0.3 is 5.97 Å². The number of rotatable bonds is 4. The van der Waals surface area contributed by atoms with E-state index in [2.05, 4.69) is 5.10 Å². The van der Waals surface area contributed by atoms with Gasteiger partial charge in [-0.2, -0.15) is 9.61 Å². The molecule has 2 heterocycles. The van der Waals surface area contributed by atoms with Crippen LogP contribution < -0.4 is 5.56 Å². The van der Waals surface area contributed by atoms with Crippen LogP contribution in [-0.4, -0.2) is 25.3 Å². The minimum Gasteiger partial charge on any atom is -0.477 e. The van der Waals surface area contributed by atoms with Gasteiger partial charge in [-0.3, -0.25) is 4.79 Å². The molecule has 0 spiro atoms. The third kappa shape index (κ3) is 2.34. The standard InChI is InChI=1S/C15H19N3O3/c1-2-7-17-12(15(20)21)9-14(19)18-13(17)8-11(16-18)10-5-3-4-6-10/h8-10H,2-7H2,1H3,(H,20,21). The molecule has 0 atom stereocenters. The predicted molar refractivity (Wildman–Crippen MR) is 77.9 cm³/mol. The Balaban J connectivity index is 2.21.